The van der Waals surface area contributed by atoms with Gasteiger partial charge in [0.2, 0.25) is 5.88 Å². The van der Waals surface area contributed by atoms with Gasteiger partial charge in [-0.2, -0.15) is 0 Å². The summed E-state index contributed by atoms with van der Waals surface area (Å²) in [6, 6.07) is 12.2. The Morgan fingerprint density at radius 3 is 2.50 bits per heavy atom. The number of hydrogen-bond acceptors (Lipinski definition) is 5. The summed E-state index contributed by atoms with van der Waals surface area (Å²) in [5.74, 6) is -0.404. The minimum Gasteiger partial charge on any atom is -0.478 e. The molecule has 0 aliphatic carbocycles. The zero-order valence-electron chi connectivity index (χ0n) is 12.6. The van der Waals surface area contributed by atoms with E-state index in [1.807, 2.05) is 0 Å². The van der Waals surface area contributed by atoms with Crippen LogP contribution in [-0.4, -0.2) is 21.0 Å². The van der Waals surface area contributed by atoms with E-state index < -0.39 is 10.9 Å². The van der Waals surface area contributed by atoms with Crippen molar-refractivity contribution in [1.29, 1.82) is 0 Å². The fourth-order valence-electron chi connectivity index (χ4n) is 2.37. The van der Waals surface area contributed by atoms with Gasteiger partial charge in [0.1, 0.15) is 5.75 Å². The van der Waals surface area contributed by atoms with Crippen molar-refractivity contribution in [2.24, 2.45) is 0 Å². The molecular weight excluding hydrogens is 312 g/mol. The maximum Gasteiger partial charge on any atom is 0.335 e. The van der Waals surface area contributed by atoms with Crippen molar-refractivity contribution in [2.45, 2.75) is 6.92 Å². The number of aryl methyl sites for hydroxylation is 1. The minimum absolute atomic E-state index is 0.0240. The number of pyridine rings is 1. The Morgan fingerprint density at radius 2 is 1.88 bits per heavy atom. The molecule has 0 unspecified atom stereocenters. The van der Waals surface area contributed by atoms with Gasteiger partial charge in [0.15, 0.2) is 0 Å². The lowest BCUT2D eigenvalue weighted by molar-refractivity contribution is -0.383. The largest absolute Gasteiger partial charge is 0.478 e. The highest BCUT2D eigenvalue weighted by Gasteiger charge is 2.16. The first-order chi connectivity index (χ1) is 11.5. The number of carboxylic acids is 1. The van der Waals surface area contributed by atoms with Crippen molar-refractivity contribution in [1.82, 2.24) is 4.98 Å². The number of aromatic nitrogens is 1. The van der Waals surface area contributed by atoms with Gasteiger partial charge in [-0.15, -0.1) is 0 Å². The molecular formula is C17H12N2O5. The Balaban J connectivity index is 2.07. The molecule has 0 radical (unpaired) electrons. The zero-order chi connectivity index (χ0) is 17.3. The first kappa shape index (κ1) is 15.4. The molecule has 0 spiro atoms. The second-order valence-electron chi connectivity index (χ2n) is 5.13. The van der Waals surface area contributed by atoms with Gasteiger partial charge < -0.3 is 9.84 Å². The normalized spacial score (nSPS) is 10.5. The standard InChI is InChI=1S/C17H12N2O5/c1-10-9-14-13(3-2-4-15(14)19(22)23)16(18-10)24-12-7-5-11(6-8-12)17(20)21/h2-9H,1H3,(H,20,21). The van der Waals surface area contributed by atoms with Crippen molar-refractivity contribution >= 4 is 22.4 Å². The summed E-state index contributed by atoms with van der Waals surface area (Å²) in [5, 5.41) is 21.0. The molecule has 1 N–H and O–H groups in total. The second-order valence-corrected chi connectivity index (χ2v) is 5.13. The van der Waals surface area contributed by atoms with Gasteiger partial charge in [-0.3, -0.25) is 10.1 Å². The number of carboxylic acid groups (broad SMARTS) is 1. The number of nitrogens with zero attached hydrogens (tertiary/aromatic N) is 2. The lowest BCUT2D eigenvalue weighted by Gasteiger charge is -2.09. The predicted octanol–water partition coefficient (Wildman–Crippen LogP) is 3.94. The summed E-state index contributed by atoms with van der Waals surface area (Å²) < 4.78 is 5.72. The van der Waals surface area contributed by atoms with E-state index in [4.69, 9.17) is 9.84 Å². The third-order valence-electron chi connectivity index (χ3n) is 3.46. The number of rotatable bonds is 4. The number of ether oxygens (including phenoxy) is 1. The summed E-state index contributed by atoms with van der Waals surface area (Å²) in [4.78, 5) is 25.9. The van der Waals surface area contributed by atoms with E-state index in [0.29, 0.717) is 22.2 Å². The SMILES string of the molecule is Cc1cc2c([N+](=O)[O-])cccc2c(Oc2ccc(C(=O)O)cc2)n1. The number of non-ortho nitro benzene ring substituents is 1. The summed E-state index contributed by atoms with van der Waals surface area (Å²) >= 11 is 0. The monoisotopic (exact) mass is 324 g/mol. The van der Waals surface area contributed by atoms with Crippen LogP contribution in [0, 0.1) is 17.0 Å². The lowest BCUT2D eigenvalue weighted by Crippen LogP contribution is -1.97. The molecule has 3 aromatic rings. The fraction of sp³-hybridized carbons (Fsp3) is 0.0588. The quantitative estimate of drug-likeness (QED) is 0.576. The van der Waals surface area contributed by atoms with Crippen LogP contribution in [0.1, 0.15) is 16.1 Å². The van der Waals surface area contributed by atoms with Crippen LogP contribution in [0.5, 0.6) is 11.6 Å². The van der Waals surface area contributed by atoms with Crippen molar-refractivity contribution in [2.75, 3.05) is 0 Å². The summed E-state index contributed by atoms with van der Waals surface area (Å²) in [6.45, 7) is 1.72. The minimum atomic E-state index is -1.03. The zero-order valence-corrected chi connectivity index (χ0v) is 12.6. The molecule has 0 aliphatic heterocycles. The third kappa shape index (κ3) is 2.87. The van der Waals surface area contributed by atoms with Gasteiger partial charge in [0.05, 0.1) is 21.3 Å². The molecule has 0 atom stereocenters. The molecule has 1 aromatic heterocycles. The first-order valence-electron chi connectivity index (χ1n) is 7.01. The van der Waals surface area contributed by atoms with Crippen molar-refractivity contribution in [3.8, 4) is 11.6 Å². The van der Waals surface area contributed by atoms with Crippen LogP contribution in [-0.2, 0) is 0 Å². The molecule has 1 heterocycles. The van der Waals surface area contributed by atoms with E-state index >= 15 is 0 Å². The number of carbonyl (C=O) groups is 1. The number of hydrogen-bond donors (Lipinski definition) is 1. The summed E-state index contributed by atoms with van der Waals surface area (Å²) in [5.41, 5.74) is 0.693. The Hall–Kier alpha value is -3.48. The fourth-order valence-corrected chi connectivity index (χ4v) is 2.37. The van der Waals surface area contributed by atoms with Gasteiger partial charge in [-0.05, 0) is 43.3 Å². The van der Waals surface area contributed by atoms with Crippen LogP contribution < -0.4 is 4.74 Å². The smallest absolute Gasteiger partial charge is 0.335 e. The summed E-state index contributed by atoms with van der Waals surface area (Å²) in [7, 11) is 0. The number of nitro benzene ring substituents is 1. The van der Waals surface area contributed by atoms with E-state index in [-0.39, 0.29) is 17.1 Å². The number of fused-ring (bicyclic) bond motifs is 1. The number of nitro groups is 1. The van der Waals surface area contributed by atoms with E-state index in [2.05, 4.69) is 4.98 Å². The Kier molecular flexibility index (Phi) is 3.83. The van der Waals surface area contributed by atoms with Crippen molar-refractivity contribution in [3.05, 3.63) is 69.9 Å². The third-order valence-corrected chi connectivity index (χ3v) is 3.46. The van der Waals surface area contributed by atoms with Crippen LogP contribution in [0.25, 0.3) is 10.8 Å². The molecule has 0 bridgehead atoms. The van der Waals surface area contributed by atoms with Crippen LogP contribution in [0.2, 0.25) is 0 Å². The molecule has 24 heavy (non-hydrogen) atoms. The predicted molar refractivity (Wildman–Crippen MR) is 86.6 cm³/mol. The van der Waals surface area contributed by atoms with Gasteiger partial charge >= 0.3 is 5.97 Å². The molecule has 3 rings (SSSR count). The van der Waals surface area contributed by atoms with Gasteiger partial charge in [-0.1, -0.05) is 6.07 Å². The van der Waals surface area contributed by atoms with Crippen LogP contribution in [0.3, 0.4) is 0 Å². The van der Waals surface area contributed by atoms with Crippen molar-refractivity contribution < 1.29 is 19.6 Å². The lowest BCUT2D eigenvalue weighted by atomic mass is 10.1. The topological polar surface area (TPSA) is 103 Å². The van der Waals surface area contributed by atoms with E-state index in [9.17, 15) is 14.9 Å². The van der Waals surface area contributed by atoms with Crippen LogP contribution >= 0.6 is 0 Å². The van der Waals surface area contributed by atoms with Crippen LogP contribution in [0.4, 0.5) is 5.69 Å². The van der Waals surface area contributed by atoms with Gasteiger partial charge in [0.25, 0.3) is 5.69 Å². The highest BCUT2D eigenvalue weighted by atomic mass is 16.6. The molecule has 7 heteroatoms. The molecule has 0 fully saturated rings. The average molecular weight is 324 g/mol. The van der Waals surface area contributed by atoms with Crippen molar-refractivity contribution in [3.63, 3.8) is 0 Å². The highest BCUT2D eigenvalue weighted by molar-refractivity contribution is 5.94. The summed E-state index contributed by atoms with van der Waals surface area (Å²) in [6.07, 6.45) is 0. The maximum atomic E-state index is 11.2. The number of benzene rings is 2. The Morgan fingerprint density at radius 1 is 1.17 bits per heavy atom. The molecule has 0 saturated heterocycles. The van der Waals surface area contributed by atoms with E-state index in [0.717, 1.165) is 0 Å². The molecule has 7 nitrogen and oxygen atoms in total. The highest BCUT2D eigenvalue weighted by Crippen LogP contribution is 2.33. The Labute approximate surface area is 136 Å². The second kappa shape index (κ2) is 5.96. The molecule has 2 aromatic carbocycles. The van der Waals surface area contributed by atoms with E-state index in [1.54, 1.807) is 25.1 Å². The van der Waals surface area contributed by atoms with E-state index in [1.165, 1.54) is 30.3 Å². The van der Waals surface area contributed by atoms with Crippen LogP contribution in [0.15, 0.2) is 48.5 Å². The number of aromatic carboxylic acids is 1. The van der Waals surface area contributed by atoms with Gasteiger partial charge in [-0.25, -0.2) is 9.78 Å². The van der Waals surface area contributed by atoms with Gasteiger partial charge in [0, 0.05) is 11.8 Å². The first-order valence-corrected chi connectivity index (χ1v) is 7.01. The molecule has 120 valence electrons. The molecule has 0 saturated carbocycles. The Bertz CT molecular complexity index is 951. The average Bonchev–Trinajstić information content (AvgIpc) is 2.54. The molecule has 0 amide bonds. The maximum absolute atomic E-state index is 11.2. The molecule has 0 aliphatic rings.